The summed E-state index contributed by atoms with van der Waals surface area (Å²) < 4.78 is 0. The maximum atomic E-state index is 2.56. The van der Waals surface area contributed by atoms with E-state index in [1.165, 1.54) is 32.1 Å². The van der Waals surface area contributed by atoms with Gasteiger partial charge >= 0.3 is 0 Å². The number of allylic oxidation sites excluding steroid dienone is 4. The molecule has 2 unspecified atom stereocenters. The zero-order valence-corrected chi connectivity index (χ0v) is 8.00. The molecule has 0 heteroatoms. The Hall–Kier alpha value is -0.520. The lowest BCUT2D eigenvalue weighted by Gasteiger charge is -2.51. The molecule has 0 aromatic rings. The van der Waals surface area contributed by atoms with Crippen molar-refractivity contribution in [2.45, 2.75) is 32.1 Å². The van der Waals surface area contributed by atoms with Gasteiger partial charge in [-0.1, -0.05) is 24.3 Å². The smallest absolute Gasteiger partial charge is 0.00959 e. The summed E-state index contributed by atoms with van der Waals surface area (Å²) in [6.45, 7) is 0. The maximum Gasteiger partial charge on any atom is -0.00959 e. The summed E-state index contributed by atoms with van der Waals surface area (Å²) in [5.41, 5.74) is 1.34. The molecular formula is C13H16. The highest BCUT2D eigenvalue weighted by Gasteiger charge is 2.58. The van der Waals surface area contributed by atoms with Gasteiger partial charge in [0.2, 0.25) is 0 Å². The van der Waals surface area contributed by atoms with Crippen LogP contribution in [0.2, 0.25) is 0 Å². The summed E-state index contributed by atoms with van der Waals surface area (Å²) in [5, 5.41) is 0. The predicted molar refractivity (Wildman–Crippen MR) is 53.2 cm³/mol. The van der Waals surface area contributed by atoms with Crippen LogP contribution in [0.3, 0.4) is 0 Å². The van der Waals surface area contributed by atoms with Crippen molar-refractivity contribution in [3.05, 3.63) is 24.3 Å². The fraction of sp³-hybridized carbons (Fsp3) is 0.692. The van der Waals surface area contributed by atoms with Crippen LogP contribution in [0.15, 0.2) is 24.3 Å². The molecule has 0 N–H and O–H groups in total. The highest BCUT2D eigenvalue weighted by molar-refractivity contribution is 5.31. The molecule has 6 aliphatic rings. The first-order chi connectivity index (χ1) is 6.28. The lowest BCUT2D eigenvalue weighted by molar-refractivity contribution is 0.0188. The zero-order chi connectivity index (χ0) is 8.52. The Kier molecular flexibility index (Phi) is 0.949. The first-order valence-corrected chi connectivity index (χ1v) is 5.66. The van der Waals surface area contributed by atoms with Gasteiger partial charge in [-0.15, -0.1) is 0 Å². The van der Waals surface area contributed by atoms with Crippen molar-refractivity contribution in [2.75, 3.05) is 0 Å². The van der Waals surface area contributed by atoms with Crippen molar-refractivity contribution in [1.82, 2.24) is 0 Å². The van der Waals surface area contributed by atoms with Crippen LogP contribution < -0.4 is 0 Å². The maximum absolute atomic E-state index is 2.56. The lowest BCUT2D eigenvalue weighted by Crippen LogP contribution is -2.42. The van der Waals surface area contributed by atoms with E-state index in [9.17, 15) is 0 Å². The van der Waals surface area contributed by atoms with Crippen molar-refractivity contribution in [3.8, 4) is 0 Å². The van der Waals surface area contributed by atoms with E-state index in [1.807, 2.05) is 0 Å². The molecule has 0 aliphatic heterocycles. The SMILES string of the molecule is C1=CC2CC1CC13C=CC(C2)(C1)C3. The monoisotopic (exact) mass is 172 g/mol. The molecule has 4 bridgehead atoms. The summed E-state index contributed by atoms with van der Waals surface area (Å²) in [6, 6.07) is 0. The third-order valence-corrected chi connectivity index (χ3v) is 4.80. The van der Waals surface area contributed by atoms with Gasteiger partial charge in [0.1, 0.15) is 0 Å². The molecule has 0 saturated heterocycles. The molecule has 0 heterocycles. The molecule has 0 nitrogen and oxygen atoms in total. The summed E-state index contributed by atoms with van der Waals surface area (Å²) >= 11 is 0. The molecule has 6 rings (SSSR count). The van der Waals surface area contributed by atoms with Crippen LogP contribution in [-0.2, 0) is 0 Å². The van der Waals surface area contributed by atoms with Gasteiger partial charge in [-0.3, -0.25) is 0 Å². The molecule has 0 aromatic heterocycles. The van der Waals surface area contributed by atoms with E-state index < -0.39 is 0 Å². The van der Waals surface area contributed by atoms with E-state index in [0.717, 1.165) is 11.8 Å². The Balaban J connectivity index is 1.79. The third-order valence-electron chi connectivity index (χ3n) is 4.80. The molecule has 6 aliphatic carbocycles. The lowest BCUT2D eigenvalue weighted by atomic mass is 9.52. The van der Waals surface area contributed by atoms with Crippen LogP contribution in [0.1, 0.15) is 32.1 Å². The van der Waals surface area contributed by atoms with E-state index in [4.69, 9.17) is 0 Å². The normalized spacial score (nSPS) is 60.3. The molecule has 0 aromatic carbocycles. The van der Waals surface area contributed by atoms with Gasteiger partial charge < -0.3 is 0 Å². The average molecular weight is 172 g/mol. The minimum atomic E-state index is 0.671. The number of hydrogen-bond acceptors (Lipinski definition) is 0. The van der Waals surface area contributed by atoms with Crippen molar-refractivity contribution in [3.63, 3.8) is 0 Å². The van der Waals surface area contributed by atoms with E-state index >= 15 is 0 Å². The Morgan fingerprint density at radius 3 is 1.92 bits per heavy atom. The molecular weight excluding hydrogens is 156 g/mol. The van der Waals surface area contributed by atoms with E-state index in [2.05, 4.69) is 24.3 Å². The zero-order valence-electron chi connectivity index (χ0n) is 8.00. The highest BCUT2D eigenvalue weighted by Crippen LogP contribution is 2.69. The molecule has 3 fully saturated rings. The van der Waals surface area contributed by atoms with Crippen LogP contribution in [0.4, 0.5) is 0 Å². The second kappa shape index (κ2) is 1.80. The molecule has 13 heavy (non-hydrogen) atoms. The van der Waals surface area contributed by atoms with E-state index in [-0.39, 0.29) is 0 Å². The van der Waals surface area contributed by atoms with Gasteiger partial charge in [0, 0.05) is 0 Å². The first-order valence-electron chi connectivity index (χ1n) is 5.66. The minimum absolute atomic E-state index is 0.671. The predicted octanol–water partition coefficient (Wildman–Crippen LogP) is 3.31. The van der Waals surface area contributed by atoms with Gasteiger partial charge in [-0.05, 0) is 54.8 Å². The number of rotatable bonds is 0. The summed E-state index contributed by atoms with van der Waals surface area (Å²) in [7, 11) is 0. The molecule has 2 atom stereocenters. The second-order valence-electron chi connectivity index (χ2n) is 5.96. The summed E-state index contributed by atoms with van der Waals surface area (Å²) in [5.74, 6) is 1.84. The van der Waals surface area contributed by atoms with E-state index in [1.54, 1.807) is 0 Å². The van der Waals surface area contributed by atoms with Crippen molar-refractivity contribution >= 4 is 0 Å². The largest absolute Gasteiger partial charge is 0.0851 e. The summed E-state index contributed by atoms with van der Waals surface area (Å²) in [6.07, 6.45) is 17.5. The van der Waals surface area contributed by atoms with Gasteiger partial charge in [0.05, 0.1) is 0 Å². The van der Waals surface area contributed by atoms with Gasteiger partial charge in [-0.2, -0.15) is 0 Å². The molecule has 68 valence electrons. The van der Waals surface area contributed by atoms with Crippen LogP contribution >= 0.6 is 0 Å². The second-order valence-corrected chi connectivity index (χ2v) is 5.96. The minimum Gasteiger partial charge on any atom is -0.0851 e. The van der Waals surface area contributed by atoms with Crippen LogP contribution in [0.5, 0.6) is 0 Å². The quantitative estimate of drug-likeness (QED) is 0.492. The van der Waals surface area contributed by atoms with Crippen molar-refractivity contribution in [2.24, 2.45) is 22.7 Å². The fourth-order valence-electron chi connectivity index (χ4n) is 4.57. The first kappa shape index (κ1) is 6.86. The molecule has 0 radical (unpaired) electrons. The Morgan fingerprint density at radius 2 is 1.38 bits per heavy atom. The molecule has 3 saturated carbocycles. The number of hydrogen-bond donors (Lipinski definition) is 0. The Bertz CT molecular complexity index is 287. The summed E-state index contributed by atoms with van der Waals surface area (Å²) in [4.78, 5) is 0. The topological polar surface area (TPSA) is 0 Å². The van der Waals surface area contributed by atoms with Crippen LogP contribution in [0.25, 0.3) is 0 Å². The van der Waals surface area contributed by atoms with Gasteiger partial charge in [-0.25, -0.2) is 0 Å². The molecule has 0 spiro atoms. The Labute approximate surface area is 79.7 Å². The third kappa shape index (κ3) is 0.734. The van der Waals surface area contributed by atoms with Crippen molar-refractivity contribution < 1.29 is 0 Å². The average Bonchev–Trinajstić information content (AvgIpc) is 2.62. The van der Waals surface area contributed by atoms with Crippen LogP contribution in [0, 0.1) is 22.7 Å². The van der Waals surface area contributed by atoms with Gasteiger partial charge in [0.25, 0.3) is 0 Å². The van der Waals surface area contributed by atoms with Crippen molar-refractivity contribution in [1.29, 1.82) is 0 Å². The molecule has 0 amide bonds. The van der Waals surface area contributed by atoms with Crippen LogP contribution in [-0.4, -0.2) is 0 Å². The fourth-order valence-corrected chi connectivity index (χ4v) is 4.57. The van der Waals surface area contributed by atoms with E-state index in [0.29, 0.717) is 10.8 Å². The Morgan fingerprint density at radius 1 is 0.846 bits per heavy atom. The highest BCUT2D eigenvalue weighted by atomic mass is 14.6. The van der Waals surface area contributed by atoms with Gasteiger partial charge in [0.15, 0.2) is 0 Å². The standard InChI is InChI=1S/C13H16/c1-2-11-5-10(1)6-12-3-4-13(7-11,8-12)9-12/h1-4,10-11H,5-9H2.